The second-order valence-corrected chi connectivity index (χ2v) is 10.0. The highest BCUT2D eigenvalue weighted by Crippen LogP contribution is 2.62. The first-order chi connectivity index (χ1) is 12.3. The highest BCUT2D eigenvalue weighted by molar-refractivity contribution is 5.03. The van der Waals surface area contributed by atoms with Gasteiger partial charge < -0.3 is 0 Å². The molecule has 0 N–H and O–H groups in total. The normalized spacial score (nSPS) is 17.1. The van der Waals surface area contributed by atoms with Gasteiger partial charge in [-0.15, -0.1) is 0 Å². The van der Waals surface area contributed by atoms with Gasteiger partial charge in [0, 0.05) is 0 Å². The van der Waals surface area contributed by atoms with E-state index in [1.54, 1.807) is 0 Å². The van der Waals surface area contributed by atoms with Crippen molar-refractivity contribution < 1.29 is 0 Å². The molecule has 158 valence electrons. The third-order valence-corrected chi connectivity index (χ3v) is 7.88. The van der Waals surface area contributed by atoms with Crippen LogP contribution in [0.25, 0.3) is 0 Å². The molecule has 0 heterocycles. The predicted octanol–water partition coefficient (Wildman–Crippen LogP) is 9.96. The van der Waals surface area contributed by atoms with Gasteiger partial charge in [-0.05, 0) is 41.9 Å². The van der Waals surface area contributed by atoms with E-state index in [0.717, 1.165) is 0 Å². The van der Waals surface area contributed by atoms with Gasteiger partial charge in [0.05, 0.1) is 0 Å². The summed E-state index contributed by atoms with van der Waals surface area (Å²) < 4.78 is 0. The number of hydrogen-bond acceptors (Lipinski definition) is 0. The molecular formula is C26H54. The molecule has 2 unspecified atom stereocenters. The van der Waals surface area contributed by atoms with Gasteiger partial charge in [-0.3, -0.25) is 0 Å². The first kappa shape index (κ1) is 26.0. The van der Waals surface area contributed by atoms with Crippen molar-refractivity contribution in [2.75, 3.05) is 0 Å². The van der Waals surface area contributed by atoms with E-state index >= 15 is 0 Å². The molecule has 0 aliphatic carbocycles. The van der Waals surface area contributed by atoms with Crippen LogP contribution in [-0.2, 0) is 0 Å². The van der Waals surface area contributed by atoms with Crippen LogP contribution in [-0.4, -0.2) is 0 Å². The Balaban J connectivity index is 5.82. The predicted molar refractivity (Wildman–Crippen MR) is 122 cm³/mol. The minimum atomic E-state index is 0.434. The molecule has 26 heavy (non-hydrogen) atoms. The van der Waals surface area contributed by atoms with E-state index in [-0.39, 0.29) is 0 Å². The Morgan fingerprint density at radius 1 is 0.462 bits per heavy atom. The van der Waals surface area contributed by atoms with Crippen LogP contribution in [0.4, 0.5) is 0 Å². The average Bonchev–Trinajstić information content (AvgIpc) is 2.62. The van der Waals surface area contributed by atoms with Gasteiger partial charge >= 0.3 is 0 Å². The van der Waals surface area contributed by atoms with Crippen LogP contribution in [0.1, 0.15) is 152 Å². The summed E-state index contributed by atoms with van der Waals surface area (Å²) in [6.45, 7) is 19.8. The molecule has 0 fully saturated rings. The van der Waals surface area contributed by atoms with Crippen LogP contribution in [0.2, 0.25) is 0 Å². The summed E-state index contributed by atoms with van der Waals surface area (Å²) >= 11 is 0. The third-order valence-electron chi connectivity index (χ3n) is 7.88. The maximum absolute atomic E-state index is 2.71. The van der Waals surface area contributed by atoms with Gasteiger partial charge in [0.2, 0.25) is 0 Å². The van der Waals surface area contributed by atoms with E-state index in [4.69, 9.17) is 0 Å². The molecule has 0 aliphatic rings. The molecule has 2 atom stereocenters. The van der Waals surface area contributed by atoms with E-state index in [0.29, 0.717) is 16.2 Å². The fourth-order valence-corrected chi connectivity index (χ4v) is 5.78. The lowest BCUT2D eigenvalue weighted by molar-refractivity contribution is -0.0943. The molecule has 0 radical (unpaired) electrons. The number of hydrogen-bond donors (Lipinski definition) is 0. The molecule has 0 heteroatoms. The Hall–Kier alpha value is 0. The van der Waals surface area contributed by atoms with Crippen LogP contribution in [0, 0.1) is 16.2 Å². The van der Waals surface area contributed by atoms with Gasteiger partial charge in [-0.25, -0.2) is 0 Å². The summed E-state index contributed by atoms with van der Waals surface area (Å²) in [6, 6.07) is 0. The average molecular weight is 367 g/mol. The van der Waals surface area contributed by atoms with E-state index in [2.05, 4.69) is 55.4 Å². The van der Waals surface area contributed by atoms with E-state index in [1.807, 2.05) is 0 Å². The monoisotopic (exact) mass is 366 g/mol. The molecule has 0 amide bonds. The largest absolute Gasteiger partial charge is 0.0654 e. The molecule has 0 rings (SSSR count). The Kier molecular flexibility index (Phi) is 13.2. The summed E-state index contributed by atoms with van der Waals surface area (Å²) in [5.74, 6) is 0. The summed E-state index contributed by atoms with van der Waals surface area (Å²) in [5, 5.41) is 0. The van der Waals surface area contributed by atoms with Crippen molar-refractivity contribution in [1.82, 2.24) is 0 Å². The molecule has 0 aromatic carbocycles. The molecule has 0 aromatic heterocycles. The maximum Gasteiger partial charge on any atom is -0.0193 e. The van der Waals surface area contributed by atoms with E-state index in [1.165, 1.54) is 96.3 Å². The molecule has 0 aliphatic heterocycles. The topological polar surface area (TPSA) is 0 Å². The van der Waals surface area contributed by atoms with Gasteiger partial charge in [0.15, 0.2) is 0 Å². The number of unbranched alkanes of at least 4 members (excludes halogenated alkanes) is 6. The van der Waals surface area contributed by atoms with E-state index in [9.17, 15) is 0 Å². The zero-order chi connectivity index (χ0) is 20.1. The van der Waals surface area contributed by atoms with Crippen molar-refractivity contribution in [3.63, 3.8) is 0 Å². The van der Waals surface area contributed by atoms with Gasteiger partial charge in [0.25, 0.3) is 0 Å². The highest BCUT2D eigenvalue weighted by atomic mass is 14.6. The fraction of sp³-hybridized carbons (Fsp3) is 1.00. The van der Waals surface area contributed by atoms with Gasteiger partial charge in [-0.2, -0.15) is 0 Å². The Morgan fingerprint density at radius 3 is 1.42 bits per heavy atom. The summed E-state index contributed by atoms with van der Waals surface area (Å²) in [4.78, 5) is 0. The summed E-state index contributed by atoms with van der Waals surface area (Å²) in [5.41, 5.74) is 1.43. The Labute approximate surface area is 168 Å². The second-order valence-electron chi connectivity index (χ2n) is 10.0. The van der Waals surface area contributed by atoms with Crippen molar-refractivity contribution in [2.24, 2.45) is 16.2 Å². The summed E-state index contributed by atoms with van der Waals surface area (Å²) in [6.07, 6.45) is 21.0. The van der Waals surface area contributed by atoms with Crippen LogP contribution in [0.5, 0.6) is 0 Å². The quantitative estimate of drug-likeness (QED) is 0.225. The highest BCUT2D eigenvalue weighted by Gasteiger charge is 2.53. The molecule has 0 saturated carbocycles. The van der Waals surface area contributed by atoms with Gasteiger partial charge in [-0.1, -0.05) is 126 Å². The Bertz CT molecular complexity index is 329. The molecule has 0 saturated heterocycles. The van der Waals surface area contributed by atoms with Crippen LogP contribution in [0.15, 0.2) is 0 Å². The van der Waals surface area contributed by atoms with E-state index < -0.39 is 0 Å². The van der Waals surface area contributed by atoms with Crippen molar-refractivity contribution in [3.05, 3.63) is 0 Å². The summed E-state index contributed by atoms with van der Waals surface area (Å²) in [7, 11) is 0. The lowest BCUT2D eigenvalue weighted by atomic mass is 9.46. The lowest BCUT2D eigenvalue weighted by Crippen LogP contribution is -2.50. The first-order valence-corrected chi connectivity index (χ1v) is 12.3. The zero-order valence-electron chi connectivity index (χ0n) is 20.1. The van der Waals surface area contributed by atoms with Gasteiger partial charge in [0.1, 0.15) is 0 Å². The van der Waals surface area contributed by atoms with Crippen molar-refractivity contribution in [2.45, 2.75) is 152 Å². The van der Waals surface area contributed by atoms with Crippen LogP contribution < -0.4 is 0 Å². The van der Waals surface area contributed by atoms with Crippen molar-refractivity contribution >= 4 is 0 Å². The minimum Gasteiger partial charge on any atom is -0.0654 e. The second kappa shape index (κ2) is 13.2. The third kappa shape index (κ3) is 6.87. The smallest absolute Gasteiger partial charge is 0.0193 e. The zero-order valence-corrected chi connectivity index (χ0v) is 20.1. The maximum atomic E-state index is 2.71. The molecule has 0 nitrogen and oxygen atoms in total. The molecular weight excluding hydrogens is 312 g/mol. The molecule has 0 aromatic rings. The SMILES string of the molecule is CCCCCCC(C)(CCCCC)C(CCC)(CCCC)C(C)(C)CC. The standard InChI is InChI=1S/C26H54/c1-9-14-17-19-22-25(8,21-18-15-10-2)26(20-12-4,23-16-11-3)24(6,7)13-5/h9-23H2,1-8H3. The molecule has 0 spiro atoms. The van der Waals surface area contributed by atoms with Crippen molar-refractivity contribution in [1.29, 1.82) is 0 Å². The van der Waals surface area contributed by atoms with Crippen LogP contribution >= 0.6 is 0 Å². The lowest BCUT2D eigenvalue weighted by Gasteiger charge is -2.59. The number of rotatable bonds is 17. The molecule has 0 bridgehead atoms. The first-order valence-electron chi connectivity index (χ1n) is 12.3. The Morgan fingerprint density at radius 2 is 0.962 bits per heavy atom. The van der Waals surface area contributed by atoms with Crippen LogP contribution in [0.3, 0.4) is 0 Å². The fourth-order valence-electron chi connectivity index (χ4n) is 5.78. The van der Waals surface area contributed by atoms with Crippen molar-refractivity contribution in [3.8, 4) is 0 Å². The minimum absolute atomic E-state index is 0.434.